The summed E-state index contributed by atoms with van der Waals surface area (Å²) in [5, 5.41) is 1.76. The minimum Gasteiger partial charge on any atom is -0.361 e. The zero-order valence-electron chi connectivity index (χ0n) is 9.47. The van der Waals surface area contributed by atoms with Crippen molar-refractivity contribution in [2.45, 2.75) is 0 Å². The van der Waals surface area contributed by atoms with Gasteiger partial charge in [0.2, 0.25) is 0 Å². The number of nitrogens with zero attached hydrogens (tertiary/aromatic N) is 2. The fourth-order valence-electron chi connectivity index (χ4n) is 1.78. The summed E-state index contributed by atoms with van der Waals surface area (Å²) in [6.45, 7) is 0. The second-order valence-electron chi connectivity index (χ2n) is 3.88. The van der Waals surface area contributed by atoms with E-state index in [-0.39, 0.29) is 0 Å². The first-order valence-electron chi connectivity index (χ1n) is 5.55. The van der Waals surface area contributed by atoms with Crippen LogP contribution in [-0.4, -0.2) is 16.2 Å². The third-order valence-electron chi connectivity index (χ3n) is 2.67. The molecule has 2 aromatic heterocycles. The molecule has 4 heteroatoms. The van der Waals surface area contributed by atoms with Crippen molar-refractivity contribution in [3.8, 4) is 0 Å². The van der Waals surface area contributed by atoms with Gasteiger partial charge in [-0.2, -0.15) is 0 Å². The van der Waals surface area contributed by atoms with Gasteiger partial charge in [0.05, 0.1) is 5.02 Å². The standard InChI is InChI=1S/C14H10ClN3/c15-11-5-6-14(18-9-11)17-8-10-7-16-13-4-2-1-3-12(10)13/h1-9,16H. The molecule has 0 fully saturated rings. The molecule has 0 atom stereocenters. The number of hydrogen-bond donors (Lipinski definition) is 1. The third-order valence-corrected chi connectivity index (χ3v) is 2.89. The molecule has 1 aromatic carbocycles. The Morgan fingerprint density at radius 3 is 2.89 bits per heavy atom. The lowest BCUT2D eigenvalue weighted by Gasteiger charge is -1.93. The second kappa shape index (κ2) is 4.63. The van der Waals surface area contributed by atoms with E-state index in [1.54, 1.807) is 24.5 Å². The van der Waals surface area contributed by atoms with Gasteiger partial charge in [0.25, 0.3) is 0 Å². The number of rotatable bonds is 2. The van der Waals surface area contributed by atoms with E-state index in [1.165, 1.54) is 0 Å². The summed E-state index contributed by atoms with van der Waals surface area (Å²) in [5.74, 6) is 0.643. The van der Waals surface area contributed by atoms with Crippen LogP contribution in [0.3, 0.4) is 0 Å². The van der Waals surface area contributed by atoms with Crippen LogP contribution in [0.5, 0.6) is 0 Å². The number of benzene rings is 1. The number of hydrogen-bond acceptors (Lipinski definition) is 2. The Morgan fingerprint density at radius 1 is 1.17 bits per heavy atom. The maximum absolute atomic E-state index is 5.77. The highest BCUT2D eigenvalue weighted by Crippen LogP contribution is 2.17. The Morgan fingerprint density at radius 2 is 2.06 bits per heavy atom. The molecule has 3 nitrogen and oxygen atoms in total. The maximum atomic E-state index is 5.77. The second-order valence-corrected chi connectivity index (χ2v) is 4.32. The van der Waals surface area contributed by atoms with Gasteiger partial charge >= 0.3 is 0 Å². The number of pyridine rings is 1. The SMILES string of the molecule is Clc1ccc(N=Cc2c[nH]c3ccccc23)nc1. The van der Waals surface area contributed by atoms with Gasteiger partial charge in [-0.15, -0.1) is 0 Å². The molecule has 0 saturated carbocycles. The van der Waals surface area contributed by atoms with Gasteiger partial charge in [-0.1, -0.05) is 29.8 Å². The van der Waals surface area contributed by atoms with Gasteiger partial charge in [-0.3, -0.25) is 0 Å². The molecule has 88 valence electrons. The summed E-state index contributed by atoms with van der Waals surface area (Å²) in [6, 6.07) is 11.7. The molecule has 3 rings (SSSR count). The minimum atomic E-state index is 0.612. The molecule has 0 bridgehead atoms. The van der Waals surface area contributed by atoms with Gasteiger partial charge in [-0.05, 0) is 18.2 Å². The fourth-order valence-corrected chi connectivity index (χ4v) is 1.89. The molecule has 0 aliphatic rings. The number of aromatic amines is 1. The molecule has 0 saturated heterocycles. The number of aliphatic imine (C=N–C) groups is 1. The normalized spacial score (nSPS) is 11.4. The van der Waals surface area contributed by atoms with Crippen LogP contribution < -0.4 is 0 Å². The van der Waals surface area contributed by atoms with Crippen molar-refractivity contribution in [3.05, 3.63) is 59.4 Å². The monoisotopic (exact) mass is 255 g/mol. The molecule has 0 spiro atoms. The van der Waals surface area contributed by atoms with Crippen molar-refractivity contribution in [3.63, 3.8) is 0 Å². The molecule has 0 aliphatic heterocycles. The summed E-state index contributed by atoms with van der Waals surface area (Å²) in [7, 11) is 0. The van der Waals surface area contributed by atoms with Crippen LogP contribution in [0.15, 0.2) is 53.8 Å². The van der Waals surface area contributed by atoms with E-state index in [0.717, 1.165) is 16.5 Å². The molecule has 0 amide bonds. The molecular formula is C14H10ClN3. The van der Waals surface area contributed by atoms with Crippen molar-refractivity contribution in [2.24, 2.45) is 4.99 Å². The Hall–Kier alpha value is -2.13. The topological polar surface area (TPSA) is 41.0 Å². The zero-order chi connectivity index (χ0) is 12.4. The molecule has 0 aliphatic carbocycles. The van der Waals surface area contributed by atoms with E-state index >= 15 is 0 Å². The number of halogens is 1. The fraction of sp³-hybridized carbons (Fsp3) is 0. The Kier molecular flexibility index (Phi) is 2.82. The lowest BCUT2D eigenvalue weighted by Crippen LogP contribution is -1.78. The molecule has 0 radical (unpaired) electrons. The van der Waals surface area contributed by atoms with Gasteiger partial charge in [0, 0.05) is 35.1 Å². The smallest absolute Gasteiger partial charge is 0.151 e. The van der Waals surface area contributed by atoms with Crippen molar-refractivity contribution in [1.29, 1.82) is 0 Å². The van der Waals surface area contributed by atoms with Gasteiger partial charge < -0.3 is 4.98 Å². The third kappa shape index (κ3) is 2.13. The van der Waals surface area contributed by atoms with Crippen molar-refractivity contribution < 1.29 is 0 Å². The van der Waals surface area contributed by atoms with E-state index in [1.807, 2.05) is 24.4 Å². The predicted octanol–water partition coefficient (Wildman–Crippen LogP) is 3.97. The van der Waals surface area contributed by atoms with E-state index in [9.17, 15) is 0 Å². The average molecular weight is 256 g/mol. The van der Waals surface area contributed by atoms with Crippen molar-refractivity contribution in [1.82, 2.24) is 9.97 Å². The number of nitrogens with one attached hydrogen (secondary N) is 1. The first kappa shape index (κ1) is 11.0. The van der Waals surface area contributed by atoms with Gasteiger partial charge in [-0.25, -0.2) is 9.98 Å². The molecule has 3 aromatic rings. The lowest BCUT2D eigenvalue weighted by atomic mass is 10.2. The molecule has 2 heterocycles. The van der Waals surface area contributed by atoms with Gasteiger partial charge in [0.15, 0.2) is 5.82 Å². The lowest BCUT2D eigenvalue weighted by molar-refractivity contribution is 1.28. The largest absolute Gasteiger partial charge is 0.361 e. The highest BCUT2D eigenvalue weighted by atomic mass is 35.5. The molecule has 0 unspecified atom stereocenters. The van der Waals surface area contributed by atoms with E-state index in [2.05, 4.69) is 21.0 Å². The highest BCUT2D eigenvalue weighted by Gasteiger charge is 1.99. The zero-order valence-corrected chi connectivity index (χ0v) is 10.2. The van der Waals surface area contributed by atoms with E-state index < -0.39 is 0 Å². The molecule has 18 heavy (non-hydrogen) atoms. The Bertz CT molecular complexity index is 698. The van der Waals surface area contributed by atoms with Crippen LogP contribution in [0.4, 0.5) is 5.82 Å². The Labute approximate surface area is 109 Å². The van der Waals surface area contributed by atoms with Crippen LogP contribution in [-0.2, 0) is 0 Å². The van der Waals surface area contributed by atoms with Crippen molar-refractivity contribution >= 4 is 34.5 Å². The van der Waals surface area contributed by atoms with Gasteiger partial charge in [0.1, 0.15) is 0 Å². The molecule has 1 N–H and O–H groups in total. The average Bonchev–Trinajstić information content (AvgIpc) is 2.82. The van der Waals surface area contributed by atoms with E-state index in [4.69, 9.17) is 11.6 Å². The highest BCUT2D eigenvalue weighted by molar-refractivity contribution is 6.30. The quantitative estimate of drug-likeness (QED) is 0.692. The predicted molar refractivity (Wildman–Crippen MR) is 74.8 cm³/mol. The number of aromatic nitrogens is 2. The summed E-state index contributed by atoms with van der Waals surface area (Å²) < 4.78 is 0. The summed E-state index contributed by atoms with van der Waals surface area (Å²) in [5.41, 5.74) is 2.14. The molecular weight excluding hydrogens is 246 g/mol. The van der Waals surface area contributed by atoms with Crippen molar-refractivity contribution in [2.75, 3.05) is 0 Å². The summed E-state index contributed by atoms with van der Waals surface area (Å²) in [6.07, 6.45) is 5.32. The van der Waals surface area contributed by atoms with E-state index in [0.29, 0.717) is 10.8 Å². The van der Waals surface area contributed by atoms with Crippen LogP contribution >= 0.6 is 11.6 Å². The number of para-hydroxylation sites is 1. The van der Waals surface area contributed by atoms with Crippen LogP contribution in [0.25, 0.3) is 10.9 Å². The maximum Gasteiger partial charge on any atom is 0.151 e. The summed E-state index contributed by atoms with van der Waals surface area (Å²) >= 11 is 5.77. The minimum absolute atomic E-state index is 0.612. The Balaban J connectivity index is 1.94. The van der Waals surface area contributed by atoms with Crippen LogP contribution in [0.2, 0.25) is 5.02 Å². The van der Waals surface area contributed by atoms with Crippen LogP contribution in [0.1, 0.15) is 5.56 Å². The number of H-pyrrole nitrogens is 1. The summed E-state index contributed by atoms with van der Waals surface area (Å²) in [4.78, 5) is 11.6. The first-order chi connectivity index (χ1) is 8.83. The first-order valence-corrected chi connectivity index (χ1v) is 5.92. The van der Waals surface area contributed by atoms with Crippen LogP contribution in [0, 0.1) is 0 Å². The number of fused-ring (bicyclic) bond motifs is 1.